The fourth-order valence-corrected chi connectivity index (χ4v) is 2.97. The summed E-state index contributed by atoms with van der Waals surface area (Å²) in [5, 5.41) is 11.4. The zero-order valence-corrected chi connectivity index (χ0v) is 17.0. The topological polar surface area (TPSA) is 71.5 Å². The van der Waals surface area contributed by atoms with Gasteiger partial charge in [0, 0.05) is 11.8 Å². The van der Waals surface area contributed by atoms with Gasteiger partial charge in [0.05, 0.1) is 18.9 Å². The van der Waals surface area contributed by atoms with E-state index >= 15 is 0 Å². The van der Waals surface area contributed by atoms with Crippen LogP contribution >= 0.6 is 11.8 Å². The number of anilines is 1. The first-order chi connectivity index (χ1) is 13.7. The smallest absolute Gasteiger partial charge is 0.176 e. The lowest BCUT2D eigenvalue weighted by atomic mass is 10.1. The van der Waals surface area contributed by atoms with Crippen molar-refractivity contribution in [1.82, 2.24) is 10.2 Å². The van der Waals surface area contributed by atoms with Gasteiger partial charge in [-0.3, -0.25) is 5.10 Å². The minimum atomic E-state index is 0.617. The standard InChI is InChI=1S/C21H24N4O2S/c1-4-26-17-10-6-15(7-11-17)19-14-20(25-24-19)23-21(28-3)22-16-8-12-18(13-9-16)27-5-2/h6-14H,4-5H2,1-3H3,(H2,22,23,24,25). The molecule has 0 aliphatic rings. The minimum absolute atomic E-state index is 0.617. The normalized spacial score (nSPS) is 11.3. The van der Waals surface area contributed by atoms with Crippen molar-refractivity contribution in [2.75, 3.05) is 24.8 Å². The number of benzene rings is 2. The van der Waals surface area contributed by atoms with Gasteiger partial charge < -0.3 is 14.8 Å². The van der Waals surface area contributed by atoms with E-state index in [2.05, 4.69) is 20.5 Å². The molecule has 6 nitrogen and oxygen atoms in total. The van der Waals surface area contributed by atoms with Crippen LogP contribution in [0.5, 0.6) is 11.5 Å². The van der Waals surface area contributed by atoms with E-state index in [0.717, 1.165) is 33.6 Å². The van der Waals surface area contributed by atoms with Gasteiger partial charge in [-0.05, 0) is 74.2 Å². The molecule has 0 amide bonds. The number of rotatable bonds is 7. The number of nitrogens with zero attached hydrogens (tertiary/aromatic N) is 2. The van der Waals surface area contributed by atoms with Crippen molar-refractivity contribution >= 4 is 28.4 Å². The van der Waals surface area contributed by atoms with Gasteiger partial charge in [-0.1, -0.05) is 11.8 Å². The van der Waals surface area contributed by atoms with Crippen LogP contribution in [0.3, 0.4) is 0 Å². The zero-order valence-electron chi connectivity index (χ0n) is 16.2. The molecule has 0 fully saturated rings. The molecule has 0 bridgehead atoms. The first-order valence-corrected chi connectivity index (χ1v) is 10.4. The lowest BCUT2D eigenvalue weighted by molar-refractivity contribution is 0.340. The molecule has 0 aliphatic carbocycles. The average Bonchev–Trinajstić information content (AvgIpc) is 3.18. The van der Waals surface area contributed by atoms with Crippen LogP contribution in [-0.2, 0) is 0 Å². The Hall–Kier alpha value is -2.93. The van der Waals surface area contributed by atoms with Crippen molar-refractivity contribution in [3.63, 3.8) is 0 Å². The molecule has 0 aliphatic heterocycles. The van der Waals surface area contributed by atoms with Crippen LogP contribution in [0.2, 0.25) is 0 Å². The molecule has 3 aromatic rings. The van der Waals surface area contributed by atoms with E-state index in [-0.39, 0.29) is 0 Å². The fourth-order valence-electron chi connectivity index (χ4n) is 2.57. The predicted octanol–water partition coefficient (Wildman–Crippen LogP) is 5.34. The summed E-state index contributed by atoms with van der Waals surface area (Å²) in [6.07, 6.45) is 1.97. The van der Waals surface area contributed by atoms with Crippen molar-refractivity contribution in [2.45, 2.75) is 13.8 Å². The number of ether oxygens (including phenoxy) is 2. The molecule has 0 unspecified atom stereocenters. The molecule has 2 N–H and O–H groups in total. The number of aliphatic imine (C=N–C) groups is 1. The highest BCUT2D eigenvalue weighted by Gasteiger charge is 2.06. The Labute approximate surface area is 169 Å². The van der Waals surface area contributed by atoms with Crippen molar-refractivity contribution in [3.05, 3.63) is 54.6 Å². The highest BCUT2D eigenvalue weighted by molar-refractivity contribution is 8.13. The third kappa shape index (κ3) is 5.29. The molecule has 7 heteroatoms. The molecule has 3 rings (SSSR count). The van der Waals surface area contributed by atoms with Gasteiger partial charge >= 0.3 is 0 Å². The second-order valence-corrected chi connectivity index (χ2v) is 6.60. The third-order valence-electron chi connectivity index (χ3n) is 3.87. The largest absolute Gasteiger partial charge is 0.494 e. The molecule has 1 aromatic heterocycles. The zero-order chi connectivity index (χ0) is 19.8. The Kier molecular flexibility index (Phi) is 6.97. The molecule has 0 spiro atoms. The molecule has 1 heterocycles. The number of thioether (sulfide) groups is 1. The summed E-state index contributed by atoms with van der Waals surface area (Å²) >= 11 is 1.52. The molecule has 146 valence electrons. The number of H-pyrrole nitrogens is 1. The highest BCUT2D eigenvalue weighted by Crippen LogP contribution is 2.25. The maximum atomic E-state index is 5.48. The molecule has 28 heavy (non-hydrogen) atoms. The molecule has 0 saturated heterocycles. The summed E-state index contributed by atoms with van der Waals surface area (Å²) < 4.78 is 10.9. The number of aromatic nitrogens is 2. The van der Waals surface area contributed by atoms with E-state index in [1.807, 2.05) is 74.7 Å². The summed E-state index contributed by atoms with van der Waals surface area (Å²) in [6, 6.07) is 17.6. The van der Waals surface area contributed by atoms with Gasteiger partial charge in [-0.2, -0.15) is 5.10 Å². The first-order valence-electron chi connectivity index (χ1n) is 9.13. The number of hydrogen-bond donors (Lipinski definition) is 2. The quantitative estimate of drug-likeness (QED) is 0.417. The van der Waals surface area contributed by atoms with Crippen LogP contribution in [0.4, 0.5) is 11.5 Å². The Morgan fingerprint density at radius 2 is 1.61 bits per heavy atom. The van der Waals surface area contributed by atoms with Crippen LogP contribution in [0.25, 0.3) is 11.3 Å². The molecule has 0 atom stereocenters. The molecular formula is C21H24N4O2S. The van der Waals surface area contributed by atoms with Gasteiger partial charge in [0.2, 0.25) is 0 Å². The van der Waals surface area contributed by atoms with Crippen LogP contribution in [0, 0.1) is 0 Å². The maximum absolute atomic E-state index is 5.48. The van der Waals surface area contributed by atoms with Crippen molar-refractivity contribution in [1.29, 1.82) is 0 Å². The van der Waals surface area contributed by atoms with Crippen molar-refractivity contribution < 1.29 is 9.47 Å². The summed E-state index contributed by atoms with van der Waals surface area (Å²) in [5.74, 6) is 2.32. The van der Waals surface area contributed by atoms with E-state index < -0.39 is 0 Å². The van der Waals surface area contributed by atoms with Gasteiger partial charge in [0.15, 0.2) is 11.0 Å². The summed E-state index contributed by atoms with van der Waals surface area (Å²) in [6.45, 7) is 5.25. The summed E-state index contributed by atoms with van der Waals surface area (Å²) in [4.78, 5) is 4.59. The van der Waals surface area contributed by atoms with Crippen LogP contribution < -0.4 is 14.8 Å². The monoisotopic (exact) mass is 396 g/mol. The summed E-state index contributed by atoms with van der Waals surface area (Å²) in [5.41, 5.74) is 2.88. The van der Waals surface area contributed by atoms with Gasteiger partial charge in [0.25, 0.3) is 0 Å². The molecule has 2 aromatic carbocycles. The highest BCUT2D eigenvalue weighted by atomic mass is 32.2. The van der Waals surface area contributed by atoms with E-state index in [1.54, 1.807) is 0 Å². The van der Waals surface area contributed by atoms with E-state index in [1.165, 1.54) is 11.8 Å². The second kappa shape index (κ2) is 9.85. The fraction of sp³-hybridized carbons (Fsp3) is 0.238. The Morgan fingerprint density at radius 3 is 2.18 bits per heavy atom. The van der Waals surface area contributed by atoms with E-state index in [0.29, 0.717) is 19.0 Å². The maximum Gasteiger partial charge on any atom is 0.176 e. The lowest BCUT2D eigenvalue weighted by Crippen LogP contribution is -2.06. The average molecular weight is 397 g/mol. The predicted molar refractivity (Wildman–Crippen MR) is 117 cm³/mol. The number of nitrogens with one attached hydrogen (secondary N) is 2. The minimum Gasteiger partial charge on any atom is -0.494 e. The van der Waals surface area contributed by atoms with Gasteiger partial charge in [-0.15, -0.1) is 0 Å². The Bertz CT molecular complexity index is 905. The number of aromatic amines is 1. The first kappa shape index (κ1) is 19.8. The number of hydrogen-bond acceptors (Lipinski definition) is 5. The van der Waals surface area contributed by atoms with Crippen molar-refractivity contribution in [2.24, 2.45) is 4.99 Å². The third-order valence-corrected chi connectivity index (χ3v) is 4.45. The van der Waals surface area contributed by atoms with Gasteiger partial charge in [0.1, 0.15) is 11.5 Å². The van der Waals surface area contributed by atoms with Crippen LogP contribution in [0.15, 0.2) is 59.6 Å². The van der Waals surface area contributed by atoms with E-state index in [9.17, 15) is 0 Å². The second-order valence-electron chi connectivity index (χ2n) is 5.80. The van der Waals surface area contributed by atoms with Crippen molar-refractivity contribution in [3.8, 4) is 22.8 Å². The van der Waals surface area contributed by atoms with Crippen LogP contribution in [0.1, 0.15) is 13.8 Å². The van der Waals surface area contributed by atoms with Gasteiger partial charge in [-0.25, -0.2) is 4.99 Å². The lowest BCUT2D eigenvalue weighted by Gasteiger charge is -2.08. The number of amidine groups is 1. The molecular weight excluding hydrogens is 372 g/mol. The summed E-state index contributed by atoms with van der Waals surface area (Å²) in [7, 11) is 0. The van der Waals surface area contributed by atoms with E-state index in [4.69, 9.17) is 9.47 Å². The SMILES string of the molecule is CCOc1ccc(NC(=Nc2cc(-c3ccc(OCC)cc3)[nH]n2)SC)cc1. The Morgan fingerprint density at radius 1 is 1.00 bits per heavy atom. The van der Waals surface area contributed by atoms with Crippen LogP contribution in [-0.4, -0.2) is 34.8 Å². The Balaban J connectivity index is 1.70. The molecule has 0 saturated carbocycles. The molecule has 0 radical (unpaired) electrons.